The van der Waals surface area contributed by atoms with Crippen LogP contribution in [-0.2, 0) is 10.9 Å². The maximum Gasteiger partial charge on any atom is 0.417 e. The third-order valence-electron chi connectivity index (χ3n) is 2.67. The molecule has 0 saturated carbocycles. The van der Waals surface area contributed by atoms with Gasteiger partial charge in [-0.2, -0.15) is 13.2 Å². The van der Waals surface area contributed by atoms with E-state index in [1.807, 2.05) is 0 Å². The van der Waals surface area contributed by atoms with E-state index >= 15 is 0 Å². The van der Waals surface area contributed by atoms with E-state index in [-0.39, 0.29) is 18.7 Å². The van der Waals surface area contributed by atoms with Gasteiger partial charge in [0, 0.05) is 25.5 Å². The Morgan fingerprint density at radius 3 is 2.50 bits per heavy atom. The number of hydrogen-bond acceptors (Lipinski definition) is 2. The predicted molar refractivity (Wildman–Crippen MR) is 73.0 cm³/mol. The highest BCUT2D eigenvalue weighted by Crippen LogP contribution is 2.32. The molecule has 0 atom stereocenters. The molecule has 1 aromatic carbocycles. The van der Waals surface area contributed by atoms with Gasteiger partial charge >= 0.3 is 6.18 Å². The number of halogens is 4. The lowest BCUT2D eigenvalue weighted by Gasteiger charge is -2.23. The maximum atomic E-state index is 12.9. The Labute approximate surface area is 123 Å². The van der Waals surface area contributed by atoms with Crippen LogP contribution < -0.4 is 0 Å². The van der Waals surface area contributed by atoms with Crippen molar-refractivity contribution in [2.45, 2.75) is 6.18 Å². The SMILES string of the molecule is COCCN(CCBr)C(=O)c1ccccc1C(F)(F)F. The van der Waals surface area contributed by atoms with Crippen molar-refractivity contribution in [3.63, 3.8) is 0 Å². The number of ether oxygens (including phenoxy) is 1. The molecule has 20 heavy (non-hydrogen) atoms. The second-order valence-electron chi connectivity index (χ2n) is 4.02. The first-order chi connectivity index (χ1) is 9.41. The zero-order chi connectivity index (χ0) is 15.2. The van der Waals surface area contributed by atoms with Crippen LogP contribution in [0.15, 0.2) is 24.3 Å². The molecule has 3 nitrogen and oxygen atoms in total. The number of nitrogens with zero attached hydrogens (tertiary/aromatic N) is 1. The first-order valence-electron chi connectivity index (χ1n) is 5.92. The van der Waals surface area contributed by atoms with E-state index in [9.17, 15) is 18.0 Å². The highest BCUT2D eigenvalue weighted by atomic mass is 79.9. The quantitative estimate of drug-likeness (QED) is 0.735. The minimum Gasteiger partial charge on any atom is -0.383 e. The summed E-state index contributed by atoms with van der Waals surface area (Å²) >= 11 is 3.18. The minimum atomic E-state index is -4.55. The summed E-state index contributed by atoms with van der Waals surface area (Å²) < 4.78 is 43.6. The Hall–Kier alpha value is -1.08. The molecule has 0 aliphatic rings. The molecular formula is C13H15BrF3NO2. The molecule has 0 N–H and O–H groups in total. The van der Waals surface area contributed by atoms with E-state index in [4.69, 9.17) is 4.74 Å². The van der Waals surface area contributed by atoms with Crippen LogP contribution in [0.4, 0.5) is 13.2 Å². The molecule has 0 bridgehead atoms. The summed E-state index contributed by atoms with van der Waals surface area (Å²) in [6, 6.07) is 4.80. The van der Waals surface area contributed by atoms with Crippen LogP contribution in [-0.4, -0.2) is 42.9 Å². The van der Waals surface area contributed by atoms with E-state index < -0.39 is 17.6 Å². The molecule has 0 aliphatic heterocycles. The number of carbonyl (C=O) groups is 1. The second kappa shape index (κ2) is 7.64. The van der Waals surface area contributed by atoms with Crippen molar-refractivity contribution in [2.24, 2.45) is 0 Å². The molecule has 1 amide bonds. The lowest BCUT2D eigenvalue weighted by Crippen LogP contribution is -2.36. The summed E-state index contributed by atoms with van der Waals surface area (Å²) in [5, 5.41) is 0.483. The number of hydrogen-bond donors (Lipinski definition) is 0. The van der Waals surface area contributed by atoms with Gasteiger partial charge in [0.2, 0.25) is 0 Å². The zero-order valence-corrected chi connectivity index (χ0v) is 12.5. The van der Waals surface area contributed by atoms with Crippen molar-refractivity contribution >= 4 is 21.8 Å². The molecule has 0 spiro atoms. The van der Waals surface area contributed by atoms with Crippen molar-refractivity contribution in [2.75, 3.05) is 32.1 Å². The third kappa shape index (κ3) is 4.49. The van der Waals surface area contributed by atoms with E-state index in [2.05, 4.69) is 15.9 Å². The fourth-order valence-corrected chi connectivity index (χ4v) is 2.13. The van der Waals surface area contributed by atoms with Crippen LogP contribution >= 0.6 is 15.9 Å². The first kappa shape index (κ1) is 17.0. The predicted octanol–water partition coefficient (Wildman–Crippen LogP) is 3.19. The van der Waals surface area contributed by atoms with Gasteiger partial charge in [-0.15, -0.1) is 0 Å². The van der Waals surface area contributed by atoms with Crippen molar-refractivity contribution in [1.29, 1.82) is 0 Å². The Balaban J connectivity index is 3.05. The van der Waals surface area contributed by atoms with E-state index in [0.29, 0.717) is 11.9 Å². The van der Waals surface area contributed by atoms with Crippen molar-refractivity contribution in [1.82, 2.24) is 4.90 Å². The van der Waals surface area contributed by atoms with Crippen LogP contribution in [0.2, 0.25) is 0 Å². The molecule has 112 valence electrons. The van der Waals surface area contributed by atoms with Gasteiger partial charge in [0.05, 0.1) is 17.7 Å². The smallest absolute Gasteiger partial charge is 0.383 e. The fourth-order valence-electron chi connectivity index (χ4n) is 1.71. The highest BCUT2D eigenvalue weighted by Gasteiger charge is 2.35. The Kier molecular flexibility index (Phi) is 6.48. The van der Waals surface area contributed by atoms with Crippen LogP contribution in [0.1, 0.15) is 15.9 Å². The number of rotatable bonds is 6. The maximum absolute atomic E-state index is 12.9. The van der Waals surface area contributed by atoms with Gasteiger partial charge in [-0.3, -0.25) is 4.79 Å². The average Bonchev–Trinajstić information content (AvgIpc) is 2.42. The number of benzene rings is 1. The molecule has 7 heteroatoms. The number of carbonyl (C=O) groups excluding carboxylic acids is 1. The lowest BCUT2D eigenvalue weighted by atomic mass is 10.1. The molecule has 1 aromatic rings. The molecule has 0 aliphatic carbocycles. The molecule has 0 heterocycles. The summed E-state index contributed by atoms with van der Waals surface area (Å²) in [7, 11) is 1.47. The third-order valence-corrected chi connectivity index (χ3v) is 3.02. The average molecular weight is 354 g/mol. The normalized spacial score (nSPS) is 11.4. The molecule has 0 aromatic heterocycles. The Morgan fingerprint density at radius 2 is 1.95 bits per heavy atom. The fraction of sp³-hybridized carbons (Fsp3) is 0.462. The molecule has 0 radical (unpaired) electrons. The largest absolute Gasteiger partial charge is 0.417 e. The molecule has 0 fully saturated rings. The molecule has 1 rings (SSSR count). The first-order valence-corrected chi connectivity index (χ1v) is 7.04. The van der Waals surface area contributed by atoms with Gasteiger partial charge in [0.15, 0.2) is 0 Å². The van der Waals surface area contributed by atoms with Crippen LogP contribution in [0.3, 0.4) is 0 Å². The van der Waals surface area contributed by atoms with Crippen LogP contribution in [0.5, 0.6) is 0 Å². The van der Waals surface area contributed by atoms with Crippen LogP contribution in [0, 0.1) is 0 Å². The van der Waals surface area contributed by atoms with Gasteiger partial charge in [-0.1, -0.05) is 28.1 Å². The van der Waals surface area contributed by atoms with Crippen molar-refractivity contribution in [3.8, 4) is 0 Å². The summed E-state index contributed by atoms with van der Waals surface area (Å²) in [5.41, 5.74) is -1.25. The van der Waals surface area contributed by atoms with Gasteiger partial charge < -0.3 is 9.64 Å². The van der Waals surface area contributed by atoms with E-state index in [0.717, 1.165) is 6.07 Å². The second-order valence-corrected chi connectivity index (χ2v) is 4.81. The highest BCUT2D eigenvalue weighted by molar-refractivity contribution is 9.09. The minimum absolute atomic E-state index is 0.243. The summed E-state index contributed by atoms with van der Waals surface area (Å²) in [4.78, 5) is 13.6. The number of amides is 1. The molecular weight excluding hydrogens is 339 g/mol. The number of methoxy groups -OCH3 is 1. The topological polar surface area (TPSA) is 29.5 Å². The van der Waals surface area contributed by atoms with E-state index in [1.54, 1.807) is 0 Å². The molecule has 0 saturated heterocycles. The monoisotopic (exact) mass is 353 g/mol. The van der Waals surface area contributed by atoms with Gasteiger partial charge in [0.25, 0.3) is 5.91 Å². The van der Waals surface area contributed by atoms with E-state index in [1.165, 1.54) is 30.2 Å². The summed E-state index contributed by atoms with van der Waals surface area (Å²) in [5.74, 6) is -0.644. The Bertz CT molecular complexity index is 451. The summed E-state index contributed by atoms with van der Waals surface area (Å²) in [6.45, 7) is 0.828. The Morgan fingerprint density at radius 1 is 1.30 bits per heavy atom. The standard InChI is InChI=1S/C13H15BrF3NO2/c1-20-9-8-18(7-6-14)12(19)10-4-2-3-5-11(10)13(15,16)17/h2-5H,6-9H2,1H3. The van der Waals surface area contributed by atoms with Crippen molar-refractivity contribution in [3.05, 3.63) is 35.4 Å². The van der Waals surface area contributed by atoms with Gasteiger partial charge in [0.1, 0.15) is 0 Å². The zero-order valence-electron chi connectivity index (χ0n) is 10.9. The van der Waals surface area contributed by atoms with Gasteiger partial charge in [-0.25, -0.2) is 0 Å². The van der Waals surface area contributed by atoms with Crippen LogP contribution in [0.25, 0.3) is 0 Å². The number of alkyl halides is 4. The summed E-state index contributed by atoms with van der Waals surface area (Å²) in [6.07, 6.45) is -4.55. The lowest BCUT2D eigenvalue weighted by molar-refractivity contribution is -0.138. The molecule has 0 unspecified atom stereocenters. The van der Waals surface area contributed by atoms with Gasteiger partial charge in [-0.05, 0) is 12.1 Å². The van der Waals surface area contributed by atoms with Crippen molar-refractivity contribution < 1.29 is 22.7 Å².